The first kappa shape index (κ1) is 15.9. The van der Waals surface area contributed by atoms with Crippen LogP contribution in [0.5, 0.6) is 0 Å². The maximum atomic E-state index is 12.0. The molecule has 100 valence electrons. The Labute approximate surface area is 130 Å². The predicted molar refractivity (Wildman–Crippen MR) is 85.4 cm³/mol. The molecule has 0 bridgehead atoms. The highest BCUT2D eigenvalue weighted by molar-refractivity contribution is 14.1. The molecule has 1 aromatic carbocycles. The topological polar surface area (TPSA) is 38.3 Å². The summed E-state index contributed by atoms with van der Waals surface area (Å²) in [4.78, 5) is 12.3. The summed E-state index contributed by atoms with van der Waals surface area (Å²) < 4.78 is 6.03. The van der Waals surface area contributed by atoms with E-state index in [1.54, 1.807) is 7.11 Å². The van der Waals surface area contributed by atoms with Crippen molar-refractivity contribution in [3.05, 3.63) is 32.9 Å². The number of alkyl halides is 1. The number of methoxy groups -OCH3 is 1. The summed E-state index contributed by atoms with van der Waals surface area (Å²) in [6.45, 7) is 3.30. The Morgan fingerprint density at radius 2 is 2.28 bits per heavy atom. The SMILES string of the molecule is COCC(Br)CCNC(=O)c1cccc(C)c1I. The van der Waals surface area contributed by atoms with Gasteiger partial charge in [0.25, 0.3) is 5.91 Å². The average Bonchev–Trinajstić information content (AvgIpc) is 2.33. The quantitative estimate of drug-likeness (QED) is 0.561. The van der Waals surface area contributed by atoms with E-state index >= 15 is 0 Å². The van der Waals surface area contributed by atoms with E-state index in [0.29, 0.717) is 13.2 Å². The van der Waals surface area contributed by atoms with Crippen LogP contribution in [0.15, 0.2) is 18.2 Å². The fourth-order valence-electron chi connectivity index (χ4n) is 1.52. The molecule has 5 heteroatoms. The molecule has 0 aliphatic carbocycles. The molecular formula is C13H17BrINO2. The van der Waals surface area contributed by atoms with Gasteiger partial charge in [-0.3, -0.25) is 4.79 Å². The molecule has 0 aliphatic heterocycles. The molecule has 0 spiro atoms. The minimum Gasteiger partial charge on any atom is -0.384 e. The predicted octanol–water partition coefficient (Wildman–Crippen LogP) is 3.13. The lowest BCUT2D eigenvalue weighted by molar-refractivity contribution is 0.0951. The second-order valence-corrected chi connectivity index (χ2v) is 6.41. The Kier molecular flexibility index (Phi) is 7.18. The Bertz CT molecular complexity index is 412. The van der Waals surface area contributed by atoms with Crippen LogP contribution >= 0.6 is 38.5 Å². The molecule has 1 atom stereocenters. The van der Waals surface area contributed by atoms with Gasteiger partial charge in [0, 0.05) is 22.1 Å². The summed E-state index contributed by atoms with van der Waals surface area (Å²) in [5, 5.41) is 2.93. The molecule has 1 aromatic rings. The molecule has 1 unspecified atom stereocenters. The average molecular weight is 426 g/mol. The first-order valence-corrected chi connectivity index (χ1v) is 7.72. The Morgan fingerprint density at radius 3 is 2.94 bits per heavy atom. The normalized spacial score (nSPS) is 12.2. The van der Waals surface area contributed by atoms with E-state index < -0.39 is 0 Å². The molecule has 0 fully saturated rings. The van der Waals surface area contributed by atoms with Crippen LogP contribution in [0, 0.1) is 10.5 Å². The van der Waals surface area contributed by atoms with Gasteiger partial charge in [0.2, 0.25) is 0 Å². The van der Waals surface area contributed by atoms with Crippen molar-refractivity contribution in [1.82, 2.24) is 5.32 Å². The summed E-state index contributed by atoms with van der Waals surface area (Å²) in [7, 11) is 1.67. The van der Waals surface area contributed by atoms with E-state index in [0.717, 1.165) is 21.1 Å². The standard InChI is InChI=1S/C13H17BrINO2/c1-9-4-3-5-11(12(9)15)13(17)16-7-6-10(14)8-18-2/h3-5,10H,6-8H2,1-2H3,(H,16,17). The van der Waals surface area contributed by atoms with E-state index in [2.05, 4.69) is 43.8 Å². The van der Waals surface area contributed by atoms with E-state index in [1.807, 2.05) is 25.1 Å². The van der Waals surface area contributed by atoms with Gasteiger partial charge in [0.15, 0.2) is 0 Å². The number of carbonyl (C=O) groups excluding carboxylic acids is 1. The number of hydrogen-bond donors (Lipinski definition) is 1. The lowest BCUT2D eigenvalue weighted by Gasteiger charge is -2.11. The molecule has 0 heterocycles. The largest absolute Gasteiger partial charge is 0.384 e. The zero-order chi connectivity index (χ0) is 13.5. The maximum Gasteiger partial charge on any atom is 0.252 e. The lowest BCUT2D eigenvalue weighted by Crippen LogP contribution is -2.27. The minimum absolute atomic E-state index is 0.0137. The first-order valence-electron chi connectivity index (χ1n) is 5.72. The van der Waals surface area contributed by atoms with Gasteiger partial charge >= 0.3 is 0 Å². The summed E-state index contributed by atoms with van der Waals surface area (Å²) in [5.41, 5.74) is 1.87. The van der Waals surface area contributed by atoms with Crippen molar-refractivity contribution >= 4 is 44.4 Å². The fourth-order valence-corrected chi connectivity index (χ4v) is 2.62. The number of amides is 1. The Balaban J connectivity index is 2.48. The van der Waals surface area contributed by atoms with Crippen LogP contribution < -0.4 is 5.32 Å². The summed E-state index contributed by atoms with van der Waals surface area (Å²) in [6, 6.07) is 5.77. The maximum absolute atomic E-state index is 12.0. The summed E-state index contributed by atoms with van der Waals surface area (Å²) >= 11 is 5.70. The Morgan fingerprint density at radius 1 is 1.56 bits per heavy atom. The van der Waals surface area contributed by atoms with Crippen LogP contribution in [0.25, 0.3) is 0 Å². The number of nitrogens with one attached hydrogen (secondary N) is 1. The highest BCUT2D eigenvalue weighted by Gasteiger charge is 2.11. The van der Waals surface area contributed by atoms with Gasteiger partial charge in [-0.1, -0.05) is 28.1 Å². The van der Waals surface area contributed by atoms with E-state index in [-0.39, 0.29) is 10.7 Å². The van der Waals surface area contributed by atoms with E-state index in [9.17, 15) is 4.79 Å². The molecule has 3 nitrogen and oxygen atoms in total. The molecule has 1 rings (SSSR count). The van der Waals surface area contributed by atoms with Gasteiger partial charge in [0.1, 0.15) is 0 Å². The van der Waals surface area contributed by atoms with Gasteiger partial charge in [-0.15, -0.1) is 0 Å². The van der Waals surface area contributed by atoms with Gasteiger partial charge < -0.3 is 10.1 Å². The number of hydrogen-bond acceptors (Lipinski definition) is 2. The van der Waals surface area contributed by atoms with Crippen LogP contribution in [0.2, 0.25) is 0 Å². The molecule has 0 saturated heterocycles. The minimum atomic E-state index is -0.0137. The second kappa shape index (κ2) is 8.12. The monoisotopic (exact) mass is 425 g/mol. The summed E-state index contributed by atoms with van der Waals surface area (Å²) in [5.74, 6) is -0.0137. The summed E-state index contributed by atoms with van der Waals surface area (Å²) in [6.07, 6.45) is 0.849. The van der Waals surface area contributed by atoms with Crippen molar-refractivity contribution in [2.75, 3.05) is 20.3 Å². The molecule has 1 amide bonds. The third-order valence-corrected chi connectivity index (χ3v) is 4.68. The Hall–Kier alpha value is -0.140. The van der Waals surface area contributed by atoms with Crippen molar-refractivity contribution in [3.8, 4) is 0 Å². The van der Waals surface area contributed by atoms with Crippen molar-refractivity contribution in [3.63, 3.8) is 0 Å². The number of halogens is 2. The van der Waals surface area contributed by atoms with Crippen LogP contribution in [-0.2, 0) is 4.74 Å². The molecule has 0 aliphatic rings. The zero-order valence-electron chi connectivity index (χ0n) is 10.5. The van der Waals surface area contributed by atoms with Crippen LogP contribution in [0.1, 0.15) is 22.3 Å². The van der Waals surface area contributed by atoms with Crippen LogP contribution in [0.4, 0.5) is 0 Å². The van der Waals surface area contributed by atoms with Crippen molar-refractivity contribution in [1.29, 1.82) is 0 Å². The molecule has 0 aromatic heterocycles. The van der Waals surface area contributed by atoms with Gasteiger partial charge in [-0.2, -0.15) is 0 Å². The highest BCUT2D eigenvalue weighted by Crippen LogP contribution is 2.16. The third kappa shape index (κ3) is 4.85. The second-order valence-electron chi connectivity index (χ2n) is 4.03. The number of carbonyl (C=O) groups is 1. The number of ether oxygens (including phenoxy) is 1. The number of benzene rings is 1. The number of rotatable bonds is 6. The smallest absolute Gasteiger partial charge is 0.252 e. The van der Waals surface area contributed by atoms with Crippen molar-refractivity contribution < 1.29 is 9.53 Å². The lowest BCUT2D eigenvalue weighted by atomic mass is 10.1. The molecule has 0 radical (unpaired) electrons. The molecule has 0 saturated carbocycles. The molecular weight excluding hydrogens is 409 g/mol. The van der Waals surface area contributed by atoms with Crippen LogP contribution in [0.3, 0.4) is 0 Å². The fraction of sp³-hybridized carbons (Fsp3) is 0.462. The van der Waals surface area contributed by atoms with E-state index in [1.165, 1.54) is 0 Å². The van der Waals surface area contributed by atoms with Crippen molar-refractivity contribution in [2.45, 2.75) is 18.2 Å². The highest BCUT2D eigenvalue weighted by atomic mass is 127. The zero-order valence-corrected chi connectivity index (χ0v) is 14.2. The van der Waals surface area contributed by atoms with Gasteiger partial charge in [-0.25, -0.2) is 0 Å². The van der Waals surface area contributed by atoms with Gasteiger partial charge in [0.05, 0.1) is 12.2 Å². The number of aryl methyl sites for hydroxylation is 1. The van der Waals surface area contributed by atoms with Crippen LogP contribution in [-0.4, -0.2) is 31.0 Å². The van der Waals surface area contributed by atoms with Crippen molar-refractivity contribution in [2.24, 2.45) is 0 Å². The molecule has 18 heavy (non-hydrogen) atoms. The first-order chi connectivity index (χ1) is 8.56. The van der Waals surface area contributed by atoms with Gasteiger partial charge in [-0.05, 0) is 47.6 Å². The molecule has 1 N–H and O–H groups in total. The third-order valence-electron chi connectivity index (χ3n) is 2.53. The van der Waals surface area contributed by atoms with E-state index in [4.69, 9.17) is 4.74 Å².